The van der Waals surface area contributed by atoms with Crippen LogP contribution in [0.1, 0.15) is 6.92 Å². The number of nitrogens with one attached hydrogen (secondary N) is 2. The van der Waals surface area contributed by atoms with Gasteiger partial charge in [0.05, 0.1) is 11.0 Å². The number of hydrogen-bond donors (Lipinski definition) is 2. The number of H-pyrrole nitrogens is 1. The number of aromatic amines is 1. The van der Waals surface area contributed by atoms with Crippen LogP contribution in [0.2, 0.25) is 0 Å². The fraction of sp³-hybridized carbons (Fsp3) is 0.300. The van der Waals surface area contributed by atoms with Gasteiger partial charge in [0.1, 0.15) is 5.82 Å². The van der Waals surface area contributed by atoms with E-state index >= 15 is 0 Å². The first kappa shape index (κ1) is 10.2. The Morgan fingerprint density at radius 2 is 2.40 bits per heavy atom. The molecule has 3 nitrogen and oxygen atoms in total. The molecule has 0 aliphatic rings. The van der Waals surface area contributed by atoms with Crippen molar-refractivity contribution in [3.63, 3.8) is 0 Å². The third kappa shape index (κ3) is 2.39. The number of fused-ring (bicyclic) bond motifs is 1. The minimum absolute atomic E-state index is 0.0231. The lowest BCUT2D eigenvalue weighted by Crippen LogP contribution is -2.11. The van der Waals surface area contributed by atoms with Crippen molar-refractivity contribution in [2.24, 2.45) is 0 Å². The Kier molecular flexibility index (Phi) is 2.77. The zero-order chi connectivity index (χ0) is 10.8. The zero-order valence-corrected chi connectivity index (χ0v) is 8.98. The highest BCUT2D eigenvalue weighted by Gasteiger charge is 2.03. The molecule has 0 aliphatic carbocycles. The number of anilines is 1. The largest absolute Gasteiger partial charge is 0.354 e. The summed E-state index contributed by atoms with van der Waals surface area (Å²) >= 11 is 5.79. The van der Waals surface area contributed by atoms with Crippen molar-refractivity contribution >= 4 is 28.6 Å². The van der Waals surface area contributed by atoms with Crippen LogP contribution >= 0.6 is 11.6 Å². The molecular weight excluding hydrogens is 217 g/mol. The van der Waals surface area contributed by atoms with Gasteiger partial charge in [-0.3, -0.25) is 0 Å². The molecule has 1 heterocycles. The first-order chi connectivity index (χ1) is 7.15. The molecule has 1 aromatic carbocycles. The molecule has 80 valence electrons. The molecule has 1 unspecified atom stereocenters. The number of benzene rings is 1. The average Bonchev–Trinajstić information content (AvgIpc) is 2.56. The maximum atomic E-state index is 12.9. The molecule has 1 aromatic heterocycles. The minimum Gasteiger partial charge on any atom is -0.354 e. The number of aromatic nitrogens is 2. The second kappa shape index (κ2) is 4.06. The molecule has 2 rings (SSSR count). The van der Waals surface area contributed by atoms with E-state index in [0.717, 1.165) is 5.52 Å². The van der Waals surface area contributed by atoms with Gasteiger partial charge in [-0.1, -0.05) is 0 Å². The number of nitrogens with zero attached hydrogens (tertiary/aromatic N) is 1. The molecule has 0 amide bonds. The van der Waals surface area contributed by atoms with Crippen LogP contribution in [-0.2, 0) is 0 Å². The van der Waals surface area contributed by atoms with Gasteiger partial charge in [0.2, 0.25) is 5.95 Å². The summed E-state index contributed by atoms with van der Waals surface area (Å²) in [7, 11) is 0. The Labute approximate surface area is 91.7 Å². The van der Waals surface area contributed by atoms with Gasteiger partial charge < -0.3 is 10.3 Å². The highest BCUT2D eigenvalue weighted by Crippen LogP contribution is 2.15. The van der Waals surface area contributed by atoms with Crippen LogP contribution in [0.3, 0.4) is 0 Å². The number of halogens is 2. The second-order valence-electron chi connectivity index (χ2n) is 3.41. The summed E-state index contributed by atoms with van der Waals surface area (Å²) in [6.45, 7) is 2.50. The van der Waals surface area contributed by atoms with Crippen LogP contribution in [0.25, 0.3) is 11.0 Å². The van der Waals surface area contributed by atoms with Gasteiger partial charge in [-0.2, -0.15) is 0 Å². The molecule has 0 spiro atoms. The van der Waals surface area contributed by atoms with Crippen LogP contribution in [0.5, 0.6) is 0 Å². The van der Waals surface area contributed by atoms with E-state index in [2.05, 4.69) is 15.3 Å². The van der Waals surface area contributed by atoms with Crippen molar-refractivity contribution in [2.45, 2.75) is 12.3 Å². The molecule has 0 bridgehead atoms. The summed E-state index contributed by atoms with van der Waals surface area (Å²) in [5.74, 6) is 0.339. The third-order valence-corrected chi connectivity index (χ3v) is 2.15. The molecule has 5 heteroatoms. The normalized spacial score (nSPS) is 13.0. The first-order valence-electron chi connectivity index (χ1n) is 4.68. The molecule has 0 aliphatic heterocycles. The van der Waals surface area contributed by atoms with Gasteiger partial charge >= 0.3 is 0 Å². The molecule has 15 heavy (non-hydrogen) atoms. The smallest absolute Gasteiger partial charge is 0.201 e. The van der Waals surface area contributed by atoms with Crippen molar-refractivity contribution in [1.29, 1.82) is 0 Å². The van der Waals surface area contributed by atoms with Crippen molar-refractivity contribution in [3.05, 3.63) is 24.0 Å². The fourth-order valence-electron chi connectivity index (χ4n) is 1.30. The Morgan fingerprint density at radius 1 is 1.60 bits per heavy atom. The quantitative estimate of drug-likeness (QED) is 0.792. The SMILES string of the molecule is CC(Cl)CNc1nc2ccc(F)cc2[nH]1. The Hall–Kier alpha value is -1.29. The number of alkyl halides is 1. The van der Waals surface area contributed by atoms with Crippen molar-refractivity contribution in [1.82, 2.24) is 9.97 Å². The molecule has 0 radical (unpaired) electrons. The number of rotatable bonds is 3. The van der Waals surface area contributed by atoms with Gasteiger partial charge in [0.15, 0.2) is 0 Å². The second-order valence-corrected chi connectivity index (χ2v) is 4.15. The van der Waals surface area contributed by atoms with Crippen LogP contribution in [-0.4, -0.2) is 21.9 Å². The summed E-state index contributed by atoms with van der Waals surface area (Å²) in [5.41, 5.74) is 1.42. The van der Waals surface area contributed by atoms with Crippen LogP contribution < -0.4 is 5.32 Å². The van der Waals surface area contributed by atoms with E-state index in [1.54, 1.807) is 6.07 Å². The zero-order valence-electron chi connectivity index (χ0n) is 8.22. The minimum atomic E-state index is -0.275. The predicted molar refractivity (Wildman–Crippen MR) is 59.9 cm³/mol. The van der Waals surface area contributed by atoms with Gasteiger partial charge in [-0.15, -0.1) is 11.6 Å². The van der Waals surface area contributed by atoms with E-state index in [9.17, 15) is 4.39 Å². The van der Waals surface area contributed by atoms with Crippen molar-refractivity contribution in [2.75, 3.05) is 11.9 Å². The summed E-state index contributed by atoms with van der Waals surface area (Å²) in [6, 6.07) is 4.44. The molecular formula is C10H11ClFN3. The lowest BCUT2D eigenvalue weighted by Gasteiger charge is -2.02. The lowest BCUT2D eigenvalue weighted by molar-refractivity contribution is 0.629. The first-order valence-corrected chi connectivity index (χ1v) is 5.12. The standard InChI is InChI=1S/C10H11ClFN3/c1-6(11)5-13-10-14-8-3-2-7(12)4-9(8)15-10/h2-4,6H,5H2,1H3,(H2,13,14,15). The fourth-order valence-corrected chi connectivity index (χ4v) is 1.38. The lowest BCUT2D eigenvalue weighted by atomic mass is 10.3. The van der Waals surface area contributed by atoms with E-state index in [-0.39, 0.29) is 11.2 Å². The Morgan fingerprint density at radius 3 is 3.13 bits per heavy atom. The summed E-state index contributed by atoms with van der Waals surface area (Å²) in [4.78, 5) is 7.20. The van der Waals surface area contributed by atoms with Crippen molar-refractivity contribution in [3.8, 4) is 0 Å². The van der Waals surface area contributed by atoms with E-state index < -0.39 is 0 Å². The molecule has 2 aromatic rings. The summed E-state index contributed by atoms with van der Waals surface area (Å²) in [5, 5.41) is 3.06. The summed E-state index contributed by atoms with van der Waals surface area (Å²) < 4.78 is 12.9. The van der Waals surface area contributed by atoms with Crippen LogP contribution in [0.4, 0.5) is 10.3 Å². The maximum Gasteiger partial charge on any atom is 0.201 e. The Balaban J connectivity index is 2.23. The molecule has 0 saturated carbocycles. The number of imidazole rings is 1. The van der Waals surface area contributed by atoms with Gasteiger partial charge in [0, 0.05) is 11.9 Å². The van der Waals surface area contributed by atoms with Gasteiger partial charge in [-0.05, 0) is 25.1 Å². The topological polar surface area (TPSA) is 40.7 Å². The molecule has 0 saturated heterocycles. The number of hydrogen-bond acceptors (Lipinski definition) is 2. The molecule has 0 fully saturated rings. The van der Waals surface area contributed by atoms with E-state index in [1.165, 1.54) is 12.1 Å². The average molecular weight is 228 g/mol. The molecule has 2 N–H and O–H groups in total. The highest BCUT2D eigenvalue weighted by atomic mass is 35.5. The monoisotopic (exact) mass is 227 g/mol. The maximum absolute atomic E-state index is 12.9. The predicted octanol–water partition coefficient (Wildman–Crippen LogP) is 2.74. The third-order valence-electron chi connectivity index (χ3n) is 1.99. The molecule has 1 atom stereocenters. The van der Waals surface area contributed by atoms with Gasteiger partial charge in [-0.25, -0.2) is 9.37 Å². The summed E-state index contributed by atoms with van der Waals surface area (Å²) in [6.07, 6.45) is 0. The van der Waals surface area contributed by atoms with E-state index in [4.69, 9.17) is 11.6 Å². The van der Waals surface area contributed by atoms with Gasteiger partial charge in [0.25, 0.3) is 0 Å². The highest BCUT2D eigenvalue weighted by molar-refractivity contribution is 6.20. The van der Waals surface area contributed by atoms with E-state index in [0.29, 0.717) is 18.0 Å². The van der Waals surface area contributed by atoms with Crippen molar-refractivity contribution < 1.29 is 4.39 Å². The van der Waals surface area contributed by atoms with E-state index in [1.807, 2.05) is 6.92 Å². The van der Waals surface area contributed by atoms with Crippen LogP contribution in [0, 0.1) is 5.82 Å². The van der Waals surface area contributed by atoms with Crippen LogP contribution in [0.15, 0.2) is 18.2 Å². The Bertz CT molecular complexity index is 467.